The fourth-order valence-corrected chi connectivity index (χ4v) is 3.53. The van der Waals surface area contributed by atoms with E-state index in [0.717, 1.165) is 22.5 Å². The van der Waals surface area contributed by atoms with Gasteiger partial charge >= 0.3 is 6.01 Å². The maximum atomic E-state index is 13.4. The molecule has 0 radical (unpaired) electrons. The van der Waals surface area contributed by atoms with E-state index in [4.69, 9.17) is 9.15 Å². The van der Waals surface area contributed by atoms with E-state index in [9.17, 15) is 4.79 Å². The lowest BCUT2D eigenvalue weighted by atomic mass is 9.86. The molecule has 0 saturated carbocycles. The smallest absolute Gasteiger partial charge is 0.322 e. The first-order chi connectivity index (χ1) is 14.6. The van der Waals surface area contributed by atoms with Crippen LogP contribution < -0.4 is 10.2 Å². The van der Waals surface area contributed by atoms with Gasteiger partial charge < -0.3 is 9.15 Å². The van der Waals surface area contributed by atoms with Crippen LogP contribution in [0.1, 0.15) is 43.3 Å². The summed E-state index contributed by atoms with van der Waals surface area (Å²) in [6.45, 7) is 12.1. The summed E-state index contributed by atoms with van der Waals surface area (Å²) in [5.74, 6) is 0.455. The minimum absolute atomic E-state index is 0.0204. The van der Waals surface area contributed by atoms with Crippen molar-refractivity contribution in [3.05, 3.63) is 81.3 Å². The van der Waals surface area contributed by atoms with Gasteiger partial charge in [-0.2, -0.15) is 0 Å². The van der Waals surface area contributed by atoms with Gasteiger partial charge in [0.1, 0.15) is 5.58 Å². The molecule has 2 aromatic heterocycles. The molecule has 0 N–H and O–H groups in total. The predicted molar refractivity (Wildman–Crippen MR) is 123 cm³/mol. The molecular weight excluding hydrogens is 388 g/mol. The molecule has 0 bridgehead atoms. The molecule has 2 aromatic carbocycles. The SMILES string of the molecule is Cc1ccc2oc(-c3ccc(C(C)(C)C)cc3)c(Oc3nc(C)cc(C)n3)c(=O)c2c1. The number of fused-ring (bicyclic) bond motifs is 1. The van der Waals surface area contributed by atoms with Crippen LogP contribution in [0.4, 0.5) is 0 Å². The largest absolute Gasteiger partial charge is 0.452 e. The molecule has 0 amide bonds. The van der Waals surface area contributed by atoms with Gasteiger partial charge in [-0.1, -0.05) is 56.7 Å². The minimum atomic E-state index is -0.248. The molecule has 4 aromatic rings. The van der Waals surface area contributed by atoms with Crippen LogP contribution in [0.5, 0.6) is 11.8 Å². The Hall–Kier alpha value is -3.47. The van der Waals surface area contributed by atoms with E-state index in [0.29, 0.717) is 16.7 Å². The lowest BCUT2D eigenvalue weighted by molar-refractivity contribution is 0.421. The fourth-order valence-electron chi connectivity index (χ4n) is 3.53. The van der Waals surface area contributed by atoms with E-state index in [1.807, 2.05) is 69.3 Å². The average molecular weight is 415 g/mol. The fraction of sp³-hybridized carbons (Fsp3) is 0.269. The van der Waals surface area contributed by atoms with Crippen LogP contribution in [0.3, 0.4) is 0 Å². The molecule has 5 heteroatoms. The highest BCUT2D eigenvalue weighted by molar-refractivity contribution is 5.82. The molecule has 2 heterocycles. The van der Waals surface area contributed by atoms with Crippen LogP contribution in [-0.2, 0) is 5.41 Å². The molecule has 0 atom stereocenters. The standard InChI is InChI=1S/C26H26N2O3/c1-15-7-12-21-20(13-15)22(29)24(31-25-27-16(2)14-17(3)28-25)23(30-21)18-8-10-19(11-9-18)26(4,5)6/h7-14H,1-6H3. The Labute approximate surface area is 181 Å². The third-order valence-corrected chi connectivity index (χ3v) is 5.17. The molecule has 31 heavy (non-hydrogen) atoms. The summed E-state index contributed by atoms with van der Waals surface area (Å²) in [5, 5.41) is 0.467. The number of aryl methyl sites for hydroxylation is 3. The van der Waals surface area contributed by atoms with Crippen molar-refractivity contribution in [2.75, 3.05) is 0 Å². The van der Waals surface area contributed by atoms with Crippen molar-refractivity contribution < 1.29 is 9.15 Å². The lowest BCUT2D eigenvalue weighted by Gasteiger charge is -2.19. The van der Waals surface area contributed by atoms with Gasteiger partial charge in [0.05, 0.1) is 5.39 Å². The number of benzene rings is 2. The zero-order valence-corrected chi connectivity index (χ0v) is 18.7. The second-order valence-electron chi connectivity index (χ2n) is 8.95. The molecule has 0 aliphatic rings. The quantitative estimate of drug-likeness (QED) is 0.395. The third kappa shape index (κ3) is 4.22. The van der Waals surface area contributed by atoms with E-state index < -0.39 is 0 Å². The highest BCUT2D eigenvalue weighted by Gasteiger charge is 2.21. The molecule has 0 aliphatic carbocycles. The maximum absolute atomic E-state index is 13.4. The van der Waals surface area contributed by atoms with Crippen molar-refractivity contribution >= 4 is 11.0 Å². The first-order valence-corrected chi connectivity index (χ1v) is 10.3. The molecule has 5 nitrogen and oxygen atoms in total. The van der Waals surface area contributed by atoms with E-state index in [2.05, 4.69) is 30.7 Å². The van der Waals surface area contributed by atoms with Crippen LogP contribution in [0.15, 0.2) is 57.7 Å². The summed E-state index contributed by atoms with van der Waals surface area (Å²) in [6.07, 6.45) is 0. The summed E-state index contributed by atoms with van der Waals surface area (Å²) in [5.41, 5.74) is 4.73. The monoisotopic (exact) mass is 414 g/mol. The van der Waals surface area contributed by atoms with Crippen LogP contribution in [0.25, 0.3) is 22.3 Å². The Morgan fingerprint density at radius 1 is 0.871 bits per heavy atom. The zero-order chi connectivity index (χ0) is 22.3. The van der Waals surface area contributed by atoms with E-state index >= 15 is 0 Å². The highest BCUT2D eigenvalue weighted by Crippen LogP contribution is 2.34. The van der Waals surface area contributed by atoms with Crippen molar-refractivity contribution in [1.29, 1.82) is 0 Å². The summed E-state index contributed by atoms with van der Waals surface area (Å²) in [7, 11) is 0. The Bertz CT molecular complexity index is 1310. The van der Waals surface area contributed by atoms with Crippen molar-refractivity contribution in [2.24, 2.45) is 0 Å². The van der Waals surface area contributed by atoms with Crippen molar-refractivity contribution in [3.63, 3.8) is 0 Å². The van der Waals surface area contributed by atoms with Gasteiger partial charge in [0, 0.05) is 17.0 Å². The van der Waals surface area contributed by atoms with Gasteiger partial charge in [0.2, 0.25) is 11.2 Å². The Kier molecular flexibility index (Phi) is 5.13. The first-order valence-electron chi connectivity index (χ1n) is 10.3. The van der Waals surface area contributed by atoms with Crippen molar-refractivity contribution in [2.45, 2.75) is 47.0 Å². The Morgan fingerprint density at radius 3 is 2.13 bits per heavy atom. The van der Waals surface area contributed by atoms with E-state index in [-0.39, 0.29) is 22.6 Å². The molecule has 0 unspecified atom stereocenters. The molecule has 158 valence electrons. The highest BCUT2D eigenvalue weighted by atomic mass is 16.5. The normalized spacial score (nSPS) is 11.7. The first kappa shape index (κ1) is 20.8. The number of hydrogen-bond acceptors (Lipinski definition) is 5. The lowest BCUT2D eigenvalue weighted by Crippen LogP contribution is -2.11. The van der Waals surface area contributed by atoms with Gasteiger partial charge in [-0.05, 0) is 49.9 Å². The van der Waals surface area contributed by atoms with Gasteiger partial charge in [-0.25, -0.2) is 9.97 Å². The predicted octanol–water partition coefficient (Wildman–Crippen LogP) is 6.27. The van der Waals surface area contributed by atoms with Gasteiger partial charge in [0.25, 0.3) is 0 Å². The number of aromatic nitrogens is 2. The Balaban J connectivity index is 1.93. The van der Waals surface area contributed by atoms with Crippen molar-refractivity contribution in [1.82, 2.24) is 9.97 Å². The maximum Gasteiger partial charge on any atom is 0.322 e. The topological polar surface area (TPSA) is 65.2 Å². The molecule has 0 saturated heterocycles. The number of rotatable bonds is 3. The van der Waals surface area contributed by atoms with Gasteiger partial charge in [-0.15, -0.1) is 0 Å². The van der Waals surface area contributed by atoms with Gasteiger partial charge in [-0.3, -0.25) is 4.79 Å². The summed E-state index contributed by atoms with van der Waals surface area (Å²) in [4.78, 5) is 22.1. The zero-order valence-electron chi connectivity index (χ0n) is 18.7. The van der Waals surface area contributed by atoms with Crippen LogP contribution >= 0.6 is 0 Å². The second-order valence-corrected chi connectivity index (χ2v) is 8.95. The average Bonchev–Trinajstić information content (AvgIpc) is 2.69. The van der Waals surface area contributed by atoms with Crippen LogP contribution in [0, 0.1) is 20.8 Å². The molecule has 0 aliphatic heterocycles. The molecular formula is C26H26N2O3. The molecule has 0 spiro atoms. The molecule has 4 rings (SSSR count). The van der Waals surface area contributed by atoms with Crippen LogP contribution in [-0.4, -0.2) is 9.97 Å². The third-order valence-electron chi connectivity index (χ3n) is 5.17. The summed E-state index contributed by atoms with van der Waals surface area (Å²) >= 11 is 0. The second kappa shape index (κ2) is 7.65. The Morgan fingerprint density at radius 2 is 1.52 bits per heavy atom. The number of nitrogens with zero attached hydrogens (tertiary/aromatic N) is 2. The van der Waals surface area contributed by atoms with Crippen LogP contribution in [0.2, 0.25) is 0 Å². The summed E-state index contributed by atoms with van der Waals surface area (Å²) < 4.78 is 12.2. The van der Waals surface area contributed by atoms with E-state index in [1.54, 1.807) is 0 Å². The summed E-state index contributed by atoms with van der Waals surface area (Å²) in [6, 6.07) is 15.5. The van der Waals surface area contributed by atoms with Gasteiger partial charge in [0.15, 0.2) is 5.76 Å². The number of hydrogen-bond donors (Lipinski definition) is 0. The minimum Gasteiger partial charge on any atom is -0.452 e. The van der Waals surface area contributed by atoms with E-state index in [1.165, 1.54) is 5.56 Å². The molecule has 0 fully saturated rings. The van der Waals surface area contributed by atoms with Crippen molar-refractivity contribution in [3.8, 4) is 23.1 Å². The number of ether oxygens (including phenoxy) is 1.